The van der Waals surface area contributed by atoms with Crippen LogP contribution >= 0.6 is 12.4 Å². The van der Waals surface area contributed by atoms with Crippen molar-refractivity contribution in [3.8, 4) is 0 Å². The first-order chi connectivity index (χ1) is 12.2. The second-order valence-electron chi connectivity index (χ2n) is 6.39. The van der Waals surface area contributed by atoms with Crippen LogP contribution in [0.2, 0.25) is 0 Å². The van der Waals surface area contributed by atoms with E-state index in [1.807, 2.05) is 0 Å². The van der Waals surface area contributed by atoms with Crippen LogP contribution in [0.25, 0.3) is 0 Å². The zero-order chi connectivity index (χ0) is 19.1. The summed E-state index contributed by atoms with van der Waals surface area (Å²) < 4.78 is 39.9. The molecule has 0 radical (unpaired) electrons. The third-order valence-electron chi connectivity index (χ3n) is 4.42. The molecule has 1 heterocycles. The van der Waals surface area contributed by atoms with E-state index in [1.54, 1.807) is 31.3 Å². The first-order valence-corrected chi connectivity index (χ1v) is 9.85. The Bertz CT molecular complexity index is 1030. The highest BCUT2D eigenvalue weighted by Crippen LogP contribution is 2.37. The van der Waals surface area contributed by atoms with Crippen molar-refractivity contribution in [3.63, 3.8) is 0 Å². The maximum atomic E-state index is 14.3. The zero-order valence-corrected chi connectivity index (χ0v) is 16.5. The molecule has 0 spiro atoms. The Hall–Kier alpha value is -2.39. The summed E-state index contributed by atoms with van der Waals surface area (Å²) in [4.78, 5) is 0. The second-order valence-corrected chi connectivity index (χ2v) is 8.25. The molecule has 10 heteroatoms. The average Bonchev–Trinajstić information content (AvgIpc) is 2.90. The van der Waals surface area contributed by atoms with Crippen molar-refractivity contribution < 1.29 is 12.8 Å². The molecular weight excluding hydrogens is 393 g/mol. The summed E-state index contributed by atoms with van der Waals surface area (Å²) in [6.07, 6.45) is 3.46. The van der Waals surface area contributed by atoms with Gasteiger partial charge in [-0.2, -0.15) is 5.10 Å². The Morgan fingerprint density at radius 1 is 1.26 bits per heavy atom. The van der Waals surface area contributed by atoms with Gasteiger partial charge in [-0.3, -0.25) is 0 Å². The molecule has 1 aliphatic carbocycles. The smallest absolute Gasteiger partial charge is 0.235 e. The highest BCUT2D eigenvalue weighted by molar-refractivity contribution is 7.89. The fourth-order valence-electron chi connectivity index (χ4n) is 3.41. The van der Waals surface area contributed by atoms with E-state index < -0.39 is 10.0 Å². The van der Waals surface area contributed by atoms with Gasteiger partial charge >= 0.3 is 0 Å². The minimum Gasteiger partial charge on any atom is -0.369 e. The normalized spacial score (nSPS) is 17.9. The predicted octanol–water partition coefficient (Wildman–Crippen LogP) is 1.87. The molecule has 1 atom stereocenters. The number of halogens is 2. The average molecular weight is 414 g/mol. The van der Waals surface area contributed by atoms with Crippen LogP contribution in [0.15, 0.2) is 40.7 Å². The topological polar surface area (TPSA) is 116 Å². The fourth-order valence-corrected chi connectivity index (χ4v) is 4.33. The van der Waals surface area contributed by atoms with Gasteiger partial charge in [-0.25, -0.2) is 16.8 Å². The van der Waals surface area contributed by atoms with E-state index in [1.165, 1.54) is 10.0 Å². The van der Waals surface area contributed by atoms with E-state index in [2.05, 4.69) is 10.2 Å². The minimum atomic E-state index is -3.51. The van der Waals surface area contributed by atoms with Crippen molar-refractivity contribution in [2.24, 2.45) is 21.7 Å². The summed E-state index contributed by atoms with van der Waals surface area (Å²) in [6, 6.07) is 6.45. The number of fused-ring (bicyclic) bond motifs is 1. The molecular formula is C17H21ClFN5O2S. The molecule has 1 unspecified atom stereocenters. The van der Waals surface area contributed by atoms with E-state index in [0.29, 0.717) is 35.4 Å². The molecule has 3 rings (SSSR count). The van der Waals surface area contributed by atoms with E-state index in [4.69, 9.17) is 11.5 Å². The lowest BCUT2D eigenvalue weighted by Gasteiger charge is -2.25. The Morgan fingerprint density at radius 2 is 1.93 bits per heavy atom. The maximum absolute atomic E-state index is 14.3. The monoisotopic (exact) mass is 413 g/mol. The van der Waals surface area contributed by atoms with E-state index in [9.17, 15) is 12.8 Å². The van der Waals surface area contributed by atoms with Gasteiger partial charge < -0.3 is 11.5 Å². The summed E-state index contributed by atoms with van der Waals surface area (Å²) in [5.41, 5.74) is 13.8. The minimum absolute atomic E-state index is 0. The van der Waals surface area contributed by atoms with Crippen LogP contribution in [-0.4, -0.2) is 30.3 Å². The first kappa shape index (κ1) is 20.9. The molecule has 0 amide bonds. The molecule has 0 fully saturated rings. The molecule has 0 saturated carbocycles. The van der Waals surface area contributed by atoms with Crippen LogP contribution < -0.4 is 11.5 Å². The van der Waals surface area contributed by atoms with Crippen molar-refractivity contribution in [2.45, 2.75) is 25.7 Å². The maximum Gasteiger partial charge on any atom is 0.235 e. The van der Waals surface area contributed by atoms with Gasteiger partial charge in [-0.05, 0) is 42.9 Å². The van der Waals surface area contributed by atoms with Crippen LogP contribution in [0.3, 0.4) is 0 Å². The SMILES string of the molecule is Cc1cn(S(C)(=O)=O)c2c1C(=NN=C(N)N)CC(c1ccccc1F)C2.Cl. The standard InChI is InChI=1S/C17H20FN5O2S.ClH/c1-10-9-23(26(2,24)25)15-8-11(12-5-3-4-6-13(12)18)7-14(16(10)15)21-22-17(19)20;/h3-6,9,11H,7-8H2,1-2H3,(H4,19,20,22);1H. The third kappa shape index (κ3) is 4.14. The molecule has 1 aromatic carbocycles. The number of hydrogen-bond donors (Lipinski definition) is 2. The molecule has 146 valence electrons. The van der Waals surface area contributed by atoms with Gasteiger partial charge in [0.1, 0.15) is 5.82 Å². The lowest BCUT2D eigenvalue weighted by molar-refractivity contribution is 0.567. The number of hydrogen-bond acceptors (Lipinski definition) is 4. The van der Waals surface area contributed by atoms with Crippen molar-refractivity contribution >= 4 is 34.1 Å². The summed E-state index contributed by atoms with van der Waals surface area (Å²) in [5.74, 6) is -0.810. The van der Waals surface area contributed by atoms with E-state index in [0.717, 1.165) is 11.8 Å². The molecule has 0 saturated heterocycles. The van der Waals surface area contributed by atoms with Gasteiger partial charge in [0.2, 0.25) is 16.0 Å². The molecule has 4 N–H and O–H groups in total. The molecule has 0 aliphatic heterocycles. The Balaban J connectivity index is 0.00000261. The van der Waals surface area contributed by atoms with Crippen LogP contribution in [0.1, 0.15) is 34.7 Å². The number of nitrogens with two attached hydrogens (primary N) is 2. The lowest BCUT2D eigenvalue weighted by atomic mass is 9.81. The number of rotatable bonds is 3. The van der Waals surface area contributed by atoms with Gasteiger partial charge in [-0.1, -0.05) is 18.2 Å². The molecule has 0 bridgehead atoms. The quantitative estimate of drug-likeness (QED) is 0.454. The van der Waals surface area contributed by atoms with Crippen LogP contribution in [0.5, 0.6) is 0 Å². The van der Waals surface area contributed by atoms with Crippen LogP contribution in [0, 0.1) is 12.7 Å². The first-order valence-electron chi connectivity index (χ1n) is 8.00. The number of aromatic nitrogens is 1. The van der Waals surface area contributed by atoms with Gasteiger partial charge in [0.25, 0.3) is 0 Å². The fraction of sp³-hybridized carbons (Fsp3) is 0.294. The van der Waals surface area contributed by atoms with Gasteiger partial charge in [-0.15, -0.1) is 17.5 Å². The molecule has 1 aromatic heterocycles. The van der Waals surface area contributed by atoms with Crippen molar-refractivity contribution in [2.75, 3.05) is 6.26 Å². The summed E-state index contributed by atoms with van der Waals surface area (Å²) in [6.45, 7) is 1.80. The van der Waals surface area contributed by atoms with E-state index >= 15 is 0 Å². The van der Waals surface area contributed by atoms with Gasteiger partial charge in [0.15, 0.2) is 0 Å². The van der Waals surface area contributed by atoms with E-state index in [-0.39, 0.29) is 30.1 Å². The highest BCUT2D eigenvalue weighted by Gasteiger charge is 2.32. The number of guanidine groups is 1. The summed E-state index contributed by atoms with van der Waals surface area (Å²) >= 11 is 0. The zero-order valence-electron chi connectivity index (χ0n) is 14.9. The van der Waals surface area contributed by atoms with Crippen LogP contribution in [0.4, 0.5) is 4.39 Å². The lowest BCUT2D eigenvalue weighted by Crippen LogP contribution is -2.25. The third-order valence-corrected chi connectivity index (χ3v) is 5.46. The predicted molar refractivity (Wildman–Crippen MR) is 106 cm³/mol. The molecule has 2 aromatic rings. The Morgan fingerprint density at radius 3 is 2.52 bits per heavy atom. The number of benzene rings is 1. The molecule has 27 heavy (non-hydrogen) atoms. The van der Waals surface area contributed by atoms with Gasteiger partial charge in [0, 0.05) is 17.5 Å². The Labute approximate surface area is 163 Å². The molecule has 1 aliphatic rings. The summed E-state index contributed by atoms with van der Waals surface area (Å²) in [5, 5.41) is 7.83. The van der Waals surface area contributed by atoms with Crippen LogP contribution in [-0.2, 0) is 16.4 Å². The van der Waals surface area contributed by atoms with Crippen molar-refractivity contribution in [1.82, 2.24) is 3.97 Å². The van der Waals surface area contributed by atoms with Gasteiger partial charge in [0.05, 0.1) is 12.0 Å². The number of nitrogens with zero attached hydrogens (tertiary/aromatic N) is 3. The Kier molecular flexibility index (Phi) is 5.96. The van der Waals surface area contributed by atoms with Crippen molar-refractivity contribution in [1.29, 1.82) is 0 Å². The largest absolute Gasteiger partial charge is 0.369 e. The molecule has 7 nitrogen and oxygen atoms in total. The number of aryl methyl sites for hydroxylation is 1. The second kappa shape index (κ2) is 7.69. The summed E-state index contributed by atoms with van der Waals surface area (Å²) in [7, 11) is -3.51. The highest BCUT2D eigenvalue weighted by atomic mass is 35.5. The van der Waals surface area contributed by atoms with Crippen molar-refractivity contribution in [3.05, 3.63) is 58.7 Å².